The molecule has 0 atom stereocenters. The van der Waals surface area contributed by atoms with Crippen LogP contribution < -0.4 is 0 Å². The quantitative estimate of drug-likeness (QED) is 0.393. The van der Waals surface area contributed by atoms with Gasteiger partial charge in [0, 0.05) is 42.9 Å². The van der Waals surface area contributed by atoms with Crippen LogP contribution in [0.4, 0.5) is 0 Å². The van der Waals surface area contributed by atoms with E-state index in [2.05, 4.69) is 0 Å². The molecule has 0 aromatic rings. The van der Waals surface area contributed by atoms with Crippen molar-refractivity contribution in [2.45, 2.75) is 0 Å². The zero-order chi connectivity index (χ0) is 7.71. The Balaban J connectivity index is -0.000000320. The number of hydrogen-bond donors (Lipinski definition) is 2. The molecule has 0 saturated carbocycles. The average molecular weight is 419 g/mol. The van der Waals surface area contributed by atoms with Gasteiger partial charge in [-0.3, -0.25) is 0 Å². The van der Waals surface area contributed by atoms with Crippen molar-refractivity contribution in [1.29, 1.82) is 0 Å². The zero-order valence-corrected chi connectivity index (χ0v) is 12.2. The molecular formula is H2CuInO6S2Se. The Kier molecular flexibility index (Phi) is 10.5. The fourth-order valence-corrected chi connectivity index (χ4v) is 5.08. The van der Waals surface area contributed by atoms with E-state index in [4.69, 9.17) is 9.11 Å². The summed E-state index contributed by atoms with van der Waals surface area (Å²) in [6.07, 6.45) is 0. The van der Waals surface area contributed by atoms with Gasteiger partial charge in [-0.05, 0) is 0 Å². The third-order valence-corrected chi connectivity index (χ3v) is 8.04. The van der Waals surface area contributed by atoms with Crippen molar-refractivity contribution in [2.24, 2.45) is 0 Å². The Bertz CT molecular complexity index is 246. The second-order valence-electron chi connectivity index (χ2n) is 0.924. The normalized spacial score (nSPS) is 11.1. The van der Waals surface area contributed by atoms with Crippen molar-refractivity contribution in [3.8, 4) is 0 Å². The molecule has 0 amide bonds. The molecule has 70 valence electrons. The minimum Gasteiger partial charge on any atom is 0 e. The maximum Gasteiger partial charge on any atom is 0 e. The van der Waals surface area contributed by atoms with E-state index in [0.29, 0.717) is 0 Å². The van der Waals surface area contributed by atoms with E-state index in [1.54, 1.807) is 0 Å². The largest absolute Gasteiger partial charge is 0 e. The SMILES string of the molecule is O=S(=O)(O)[Se]S(=O)(=O)O.[Cu].[In]. The molecule has 11 heteroatoms. The van der Waals surface area contributed by atoms with Crippen LogP contribution in [0, 0.1) is 0 Å². The molecule has 0 aliphatic carbocycles. The Morgan fingerprint density at radius 3 is 1.09 bits per heavy atom. The Morgan fingerprint density at radius 1 is 0.909 bits per heavy atom. The van der Waals surface area contributed by atoms with Gasteiger partial charge in [0.2, 0.25) is 0 Å². The van der Waals surface area contributed by atoms with Gasteiger partial charge in [-0.1, -0.05) is 0 Å². The van der Waals surface area contributed by atoms with E-state index in [1.165, 1.54) is 0 Å². The maximum atomic E-state index is 9.69. The molecule has 0 fully saturated rings. The molecule has 0 aromatic heterocycles. The first kappa shape index (κ1) is 18.5. The van der Waals surface area contributed by atoms with Crippen LogP contribution in [-0.2, 0) is 34.1 Å². The first-order chi connectivity index (χ1) is 3.71. The molecule has 4 radical (unpaired) electrons. The molecule has 0 spiro atoms. The van der Waals surface area contributed by atoms with Crippen LogP contribution in [0.2, 0.25) is 0 Å². The third-order valence-electron chi connectivity index (χ3n) is 0.172. The van der Waals surface area contributed by atoms with Crippen molar-refractivity contribution in [2.75, 3.05) is 0 Å². The van der Waals surface area contributed by atoms with Gasteiger partial charge in [0.25, 0.3) is 0 Å². The zero-order valence-electron chi connectivity index (χ0n) is 4.63. The summed E-state index contributed by atoms with van der Waals surface area (Å²) in [5.41, 5.74) is 0. The number of rotatable bonds is 2. The van der Waals surface area contributed by atoms with Gasteiger partial charge in [-0.2, -0.15) is 0 Å². The summed E-state index contributed by atoms with van der Waals surface area (Å²) in [5.74, 6) is 0. The van der Waals surface area contributed by atoms with Crippen LogP contribution in [-0.4, -0.2) is 64.5 Å². The summed E-state index contributed by atoms with van der Waals surface area (Å²) in [4.78, 5) is 0. The van der Waals surface area contributed by atoms with E-state index in [9.17, 15) is 16.8 Å². The molecule has 11 heavy (non-hydrogen) atoms. The van der Waals surface area contributed by atoms with E-state index in [1.807, 2.05) is 0 Å². The second-order valence-corrected chi connectivity index (χ2v) is 11.1. The molecule has 0 aromatic carbocycles. The van der Waals surface area contributed by atoms with Crippen LogP contribution in [0.5, 0.6) is 0 Å². The van der Waals surface area contributed by atoms with Gasteiger partial charge in [0.1, 0.15) is 0 Å². The van der Waals surface area contributed by atoms with Crippen LogP contribution in [0.1, 0.15) is 0 Å². The van der Waals surface area contributed by atoms with E-state index in [0.717, 1.165) is 0 Å². The molecule has 0 unspecified atom stereocenters. The smallest absolute Gasteiger partial charge is 0 e. The fraction of sp³-hybridized carbons (Fsp3) is 0. The van der Waals surface area contributed by atoms with Crippen LogP contribution >= 0.6 is 0 Å². The molecule has 0 saturated heterocycles. The van der Waals surface area contributed by atoms with Crippen molar-refractivity contribution in [1.82, 2.24) is 0 Å². The van der Waals surface area contributed by atoms with E-state index < -0.39 is 29.8 Å². The standard InChI is InChI=1S/Cu.In.H2O6S2Se/c;;1-7(2,3)9-8(4,5)6/h;;(H,1,2,3)(H,4,5,6). The van der Waals surface area contributed by atoms with Gasteiger partial charge in [-0.25, -0.2) is 0 Å². The maximum absolute atomic E-state index is 9.69. The van der Waals surface area contributed by atoms with Gasteiger partial charge < -0.3 is 0 Å². The summed E-state index contributed by atoms with van der Waals surface area (Å²) in [7, 11) is -9.11. The molecule has 0 bridgehead atoms. The minimum absolute atomic E-state index is 0. The monoisotopic (exact) mass is 420 g/mol. The van der Waals surface area contributed by atoms with Gasteiger partial charge >= 0.3 is 55.7 Å². The minimum atomic E-state index is -4.56. The molecule has 6 nitrogen and oxygen atoms in total. The molecule has 0 rings (SSSR count). The van der Waals surface area contributed by atoms with Crippen molar-refractivity contribution in [3.63, 3.8) is 0 Å². The number of hydrogen-bond acceptors (Lipinski definition) is 4. The molecular weight excluding hydrogens is 417 g/mol. The second kappa shape index (κ2) is 6.22. The predicted molar refractivity (Wildman–Crippen MR) is 34.6 cm³/mol. The van der Waals surface area contributed by atoms with Gasteiger partial charge in [-0.15, -0.1) is 0 Å². The van der Waals surface area contributed by atoms with Crippen LogP contribution in [0.25, 0.3) is 0 Å². The summed E-state index contributed by atoms with van der Waals surface area (Å²) in [6, 6.07) is 0. The summed E-state index contributed by atoms with van der Waals surface area (Å²) in [5, 5.41) is 0. The third kappa shape index (κ3) is 18.6. The molecule has 0 aliphatic heterocycles. The van der Waals surface area contributed by atoms with Crippen molar-refractivity contribution >= 4 is 55.6 Å². The first-order valence-electron chi connectivity index (χ1n) is 1.37. The van der Waals surface area contributed by atoms with Gasteiger partial charge in [0.15, 0.2) is 0 Å². The van der Waals surface area contributed by atoms with E-state index in [-0.39, 0.29) is 42.9 Å². The Labute approximate surface area is 97.5 Å². The van der Waals surface area contributed by atoms with E-state index >= 15 is 0 Å². The summed E-state index contributed by atoms with van der Waals surface area (Å²) < 4.78 is 54.4. The van der Waals surface area contributed by atoms with Crippen molar-refractivity contribution < 1.29 is 43.0 Å². The van der Waals surface area contributed by atoms with Crippen molar-refractivity contribution in [3.05, 3.63) is 0 Å². The van der Waals surface area contributed by atoms with Crippen LogP contribution in [0.3, 0.4) is 0 Å². The fourth-order valence-electron chi connectivity index (χ4n) is 0.109. The molecule has 0 heterocycles. The summed E-state index contributed by atoms with van der Waals surface area (Å²) in [6.45, 7) is 0. The summed E-state index contributed by atoms with van der Waals surface area (Å²) >= 11 is -2.19. The molecule has 2 N–H and O–H groups in total. The average Bonchev–Trinajstić information content (AvgIpc) is 1.14. The topological polar surface area (TPSA) is 109 Å². The predicted octanol–water partition coefficient (Wildman–Crippen LogP) is -2.09. The first-order valence-corrected chi connectivity index (χ1v) is 8.29. The Morgan fingerprint density at radius 2 is 1.09 bits per heavy atom. The van der Waals surface area contributed by atoms with Gasteiger partial charge in [0.05, 0.1) is 0 Å². The van der Waals surface area contributed by atoms with Crippen LogP contribution in [0.15, 0.2) is 0 Å². The Hall–Kier alpha value is 1.73. The molecule has 0 aliphatic rings.